The summed E-state index contributed by atoms with van der Waals surface area (Å²) in [5.74, 6) is -1.47. The summed E-state index contributed by atoms with van der Waals surface area (Å²) < 4.78 is 26.9. The van der Waals surface area contributed by atoms with E-state index in [1.54, 1.807) is 18.2 Å². The summed E-state index contributed by atoms with van der Waals surface area (Å²) in [6.07, 6.45) is 0. The molecule has 0 aliphatic rings. The molecule has 0 aliphatic heterocycles. The molecule has 0 atom stereocenters. The van der Waals surface area contributed by atoms with Crippen molar-refractivity contribution in [3.8, 4) is 0 Å². The Bertz CT molecular complexity index is 662. The van der Waals surface area contributed by atoms with Crippen molar-refractivity contribution in [2.24, 2.45) is 0 Å². The van der Waals surface area contributed by atoms with E-state index in [-0.39, 0.29) is 22.3 Å². The largest absolute Gasteiger partial charge is 0.396 e. The average molecular weight is 341 g/mol. The number of rotatable bonds is 3. The number of hydrogen-bond acceptors (Lipinski definition) is 2. The van der Waals surface area contributed by atoms with Crippen LogP contribution in [0.4, 0.5) is 14.5 Å². The average Bonchev–Trinajstić information content (AvgIpc) is 2.41. The van der Waals surface area contributed by atoms with Crippen molar-refractivity contribution in [3.63, 3.8) is 0 Å². The number of anilines is 1. The Hall–Kier alpha value is -1.95. The van der Waals surface area contributed by atoms with Gasteiger partial charge < -0.3 is 11.1 Å². The second kappa shape index (κ2) is 6.00. The van der Waals surface area contributed by atoms with E-state index in [0.717, 1.165) is 6.07 Å². The van der Waals surface area contributed by atoms with Crippen LogP contribution in [-0.4, -0.2) is 5.91 Å². The summed E-state index contributed by atoms with van der Waals surface area (Å²) in [4.78, 5) is 12.0. The van der Waals surface area contributed by atoms with Gasteiger partial charge in [0.25, 0.3) is 5.91 Å². The van der Waals surface area contributed by atoms with E-state index in [9.17, 15) is 13.6 Å². The lowest BCUT2D eigenvalue weighted by molar-refractivity contribution is 0.0950. The van der Waals surface area contributed by atoms with Gasteiger partial charge in [-0.05, 0) is 34.1 Å². The lowest BCUT2D eigenvalue weighted by Gasteiger charge is -2.09. The van der Waals surface area contributed by atoms with Gasteiger partial charge in [-0.3, -0.25) is 4.79 Å². The first-order chi connectivity index (χ1) is 9.49. The maximum absolute atomic E-state index is 13.4. The molecule has 0 fully saturated rings. The minimum Gasteiger partial charge on any atom is -0.396 e. The number of amides is 1. The molecule has 6 heteroatoms. The molecule has 104 valence electrons. The fourth-order valence-electron chi connectivity index (χ4n) is 1.65. The number of nitrogen functional groups attached to an aromatic ring is 1. The lowest BCUT2D eigenvalue weighted by Crippen LogP contribution is -2.24. The molecule has 20 heavy (non-hydrogen) atoms. The molecular weight excluding hydrogens is 330 g/mol. The van der Waals surface area contributed by atoms with E-state index in [2.05, 4.69) is 21.2 Å². The van der Waals surface area contributed by atoms with E-state index in [4.69, 9.17) is 5.73 Å². The highest BCUT2D eigenvalue weighted by molar-refractivity contribution is 9.10. The number of halogens is 3. The predicted octanol–water partition coefficient (Wildman–Crippen LogP) is 3.24. The van der Waals surface area contributed by atoms with Gasteiger partial charge in [-0.1, -0.05) is 18.2 Å². The molecule has 0 bridgehead atoms. The minimum atomic E-state index is -0.609. The zero-order valence-electron chi connectivity index (χ0n) is 10.3. The van der Waals surface area contributed by atoms with Gasteiger partial charge in [0.1, 0.15) is 11.6 Å². The molecule has 3 N–H and O–H groups in total. The Morgan fingerprint density at radius 2 is 1.90 bits per heavy atom. The first kappa shape index (κ1) is 14.5. The van der Waals surface area contributed by atoms with Crippen molar-refractivity contribution in [1.29, 1.82) is 0 Å². The van der Waals surface area contributed by atoms with E-state index in [0.29, 0.717) is 5.56 Å². The molecule has 1 amide bonds. The Morgan fingerprint density at radius 1 is 1.20 bits per heavy atom. The molecule has 0 aliphatic carbocycles. The zero-order chi connectivity index (χ0) is 14.7. The third kappa shape index (κ3) is 3.14. The van der Waals surface area contributed by atoms with Crippen LogP contribution in [0, 0.1) is 11.6 Å². The summed E-state index contributed by atoms with van der Waals surface area (Å²) in [5.41, 5.74) is 5.86. The fraction of sp³-hybridized carbons (Fsp3) is 0.0714. The second-order valence-corrected chi connectivity index (χ2v) is 4.98. The van der Waals surface area contributed by atoms with Crippen LogP contribution >= 0.6 is 15.9 Å². The van der Waals surface area contributed by atoms with Crippen molar-refractivity contribution in [2.75, 3.05) is 5.73 Å². The molecule has 0 saturated carbocycles. The normalized spacial score (nSPS) is 10.3. The number of carbonyl (C=O) groups is 1. The number of benzene rings is 2. The lowest BCUT2D eigenvalue weighted by atomic mass is 10.1. The van der Waals surface area contributed by atoms with E-state index < -0.39 is 17.5 Å². The van der Waals surface area contributed by atoms with Gasteiger partial charge in [-0.2, -0.15) is 0 Å². The van der Waals surface area contributed by atoms with Gasteiger partial charge in [0.2, 0.25) is 0 Å². The summed E-state index contributed by atoms with van der Waals surface area (Å²) in [5, 5.41) is 2.56. The summed E-state index contributed by atoms with van der Waals surface area (Å²) >= 11 is 3.09. The van der Waals surface area contributed by atoms with Crippen LogP contribution in [-0.2, 0) is 6.54 Å². The van der Waals surface area contributed by atoms with Crippen molar-refractivity contribution < 1.29 is 13.6 Å². The van der Waals surface area contributed by atoms with E-state index in [1.165, 1.54) is 12.1 Å². The molecule has 0 unspecified atom stereocenters. The Morgan fingerprint density at radius 3 is 2.60 bits per heavy atom. The van der Waals surface area contributed by atoms with Gasteiger partial charge in [0.05, 0.1) is 11.3 Å². The highest BCUT2D eigenvalue weighted by Gasteiger charge is 2.13. The number of nitrogens with two attached hydrogens (primary N) is 1. The first-order valence-electron chi connectivity index (χ1n) is 5.75. The smallest absolute Gasteiger partial charge is 0.252 e. The molecular formula is C14H11BrF2N2O. The second-order valence-electron chi connectivity index (χ2n) is 4.13. The molecule has 0 aromatic heterocycles. The van der Waals surface area contributed by atoms with Crippen LogP contribution in [0.2, 0.25) is 0 Å². The maximum atomic E-state index is 13.4. The molecule has 0 radical (unpaired) electrons. The van der Waals surface area contributed by atoms with Crippen LogP contribution in [0.1, 0.15) is 15.9 Å². The Balaban J connectivity index is 2.13. The van der Waals surface area contributed by atoms with Gasteiger partial charge in [0.15, 0.2) is 0 Å². The maximum Gasteiger partial charge on any atom is 0.252 e. The molecule has 2 aromatic carbocycles. The van der Waals surface area contributed by atoms with Crippen molar-refractivity contribution in [2.45, 2.75) is 6.54 Å². The first-order valence-corrected chi connectivity index (χ1v) is 6.54. The van der Waals surface area contributed by atoms with Gasteiger partial charge in [-0.25, -0.2) is 8.78 Å². The van der Waals surface area contributed by atoms with E-state index >= 15 is 0 Å². The number of hydrogen-bond donors (Lipinski definition) is 2. The zero-order valence-corrected chi connectivity index (χ0v) is 11.9. The topological polar surface area (TPSA) is 55.1 Å². The standard InChI is InChI=1S/C14H11BrF2N2O/c15-10-6-12(17)13(18)5-9(10)14(20)19-7-8-3-1-2-4-11(8)16/h1-6H,7,18H2,(H,19,20). The van der Waals surface area contributed by atoms with Crippen LogP contribution in [0.15, 0.2) is 40.9 Å². The number of nitrogens with one attached hydrogen (secondary N) is 1. The molecule has 3 nitrogen and oxygen atoms in total. The van der Waals surface area contributed by atoms with Crippen molar-refractivity contribution >= 4 is 27.5 Å². The molecule has 0 saturated heterocycles. The molecule has 2 aromatic rings. The van der Waals surface area contributed by atoms with Crippen LogP contribution in [0.25, 0.3) is 0 Å². The van der Waals surface area contributed by atoms with Crippen molar-refractivity contribution in [1.82, 2.24) is 5.32 Å². The summed E-state index contributed by atoms with van der Waals surface area (Å²) in [6, 6.07) is 8.48. The minimum absolute atomic E-state index is 0.0369. The van der Waals surface area contributed by atoms with Crippen LogP contribution in [0.3, 0.4) is 0 Å². The summed E-state index contributed by atoms with van der Waals surface area (Å²) in [7, 11) is 0. The van der Waals surface area contributed by atoms with Gasteiger partial charge >= 0.3 is 0 Å². The molecule has 0 spiro atoms. The van der Waals surface area contributed by atoms with Gasteiger partial charge in [0, 0.05) is 16.6 Å². The van der Waals surface area contributed by atoms with Crippen LogP contribution < -0.4 is 11.1 Å². The van der Waals surface area contributed by atoms with Crippen molar-refractivity contribution in [3.05, 3.63) is 63.6 Å². The van der Waals surface area contributed by atoms with Gasteiger partial charge in [-0.15, -0.1) is 0 Å². The molecule has 0 heterocycles. The monoisotopic (exact) mass is 340 g/mol. The fourth-order valence-corrected chi connectivity index (χ4v) is 2.15. The quantitative estimate of drug-likeness (QED) is 0.842. The number of carbonyl (C=O) groups excluding carboxylic acids is 1. The third-order valence-corrected chi connectivity index (χ3v) is 3.38. The molecule has 2 rings (SSSR count). The highest BCUT2D eigenvalue weighted by Crippen LogP contribution is 2.22. The summed E-state index contributed by atoms with van der Waals surface area (Å²) in [6.45, 7) is 0.0369. The highest BCUT2D eigenvalue weighted by atomic mass is 79.9. The predicted molar refractivity (Wildman–Crippen MR) is 76.1 cm³/mol. The Labute approximate surface area is 122 Å². The third-order valence-electron chi connectivity index (χ3n) is 2.73. The Kier molecular flexibility index (Phi) is 4.34. The van der Waals surface area contributed by atoms with E-state index in [1.807, 2.05) is 0 Å². The SMILES string of the molecule is Nc1cc(C(=O)NCc2ccccc2F)c(Br)cc1F. The van der Waals surface area contributed by atoms with Crippen LogP contribution in [0.5, 0.6) is 0 Å².